The van der Waals surface area contributed by atoms with E-state index in [4.69, 9.17) is 4.74 Å². The van der Waals surface area contributed by atoms with Crippen molar-refractivity contribution in [3.8, 4) is 32.3 Å². The van der Waals surface area contributed by atoms with Crippen LogP contribution in [0, 0.1) is 12.1 Å². The number of methoxy groups -OCH3 is 1. The molecule has 77 heavy (non-hydrogen) atoms. The summed E-state index contributed by atoms with van der Waals surface area (Å²) >= 11 is 3.68. The van der Waals surface area contributed by atoms with Crippen LogP contribution in [0.4, 0.5) is 0 Å². The fourth-order valence-electron chi connectivity index (χ4n) is 11.6. The molecule has 0 saturated heterocycles. The van der Waals surface area contributed by atoms with Crippen LogP contribution in [0.5, 0.6) is 0 Å². The number of hydrogen-bond acceptors (Lipinski definition) is 5. The second-order valence-corrected chi connectivity index (χ2v) is 21.6. The topological polar surface area (TPSA) is 53.7 Å². The van der Waals surface area contributed by atoms with Crippen LogP contribution in [0.15, 0.2) is 213 Å². The van der Waals surface area contributed by atoms with Crippen LogP contribution in [0.2, 0.25) is 0 Å². The molecule has 7 nitrogen and oxygen atoms in total. The zero-order valence-electron chi connectivity index (χ0n) is 41.9. The summed E-state index contributed by atoms with van der Waals surface area (Å²) in [5.41, 5.74) is 15.3. The van der Waals surface area contributed by atoms with Crippen molar-refractivity contribution < 1.29 is 24.8 Å². The summed E-state index contributed by atoms with van der Waals surface area (Å²) in [5, 5.41) is 9.61. The van der Waals surface area contributed by atoms with Crippen molar-refractivity contribution in [1.82, 2.24) is 27.9 Å². The first-order chi connectivity index (χ1) is 37.6. The van der Waals surface area contributed by atoms with E-state index in [1.165, 1.54) is 113 Å². The van der Waals surface area contributed by atoms with Crippen molar-refractivity contribution in [3.63, 3.8) is 0 Å². The van der Waals surface area contributed by atoms with Gasteiger partial charge in [-0.15, -0.1) is 71.2 Å². The molecule has 1 radical (unpaired) electrons. The Bertz CT molecular complexity index is 4900. The molecule has 373 valence electrons. The van der Waals surface area contributed by atoms with E-state index in [9.17, 15) is 0 Å². The molecule has 8 aromatic carbocycles. The van der Waals surface area contributed by atoms with Gasteiger partial charge in [0.2, 0.25) is 0 Å². The number of benzene rings is 8. The van der Waals surface area contributed by atoms with Crippen molar-refractivity contribution in [1.29, 1.82) is 0 Å². The van der Waals surface area contributed by atoms with Gasteiger partial charge in [-0.3, -0.25) is 9.97 Å². The summed E-state index contributed by atoms with van der Waals surface area (Å²) in [6, 6.07) is 74.6. The minimum Gasteiger partial charge on any atom is -0.381 e. The van der Waals surface area contributed by atoms with Gasteiger partial charge in [-0.05, 0) is 102 Å². The normalized spacial score (nSPS) is 12.3. The van der Waals surface area contributed by atoms with Crippen molar-refractivity contribution in [2.24, 2.45) is 0 Å². The first-order valence-electron chi connectivity index (χ1n) is 25.7. The van der Waals surface area contributed by atoms with E-state index in [1.807, 2.05) is 59.6 Å². The molecule has 0 aliphatic carbocycles. The molecule has 8 aromatic heterocycles. The Kier molecular flexibility index (Phi) is 11.7. The minimum atomic E-state index is 0. The predicted molar refractivity (Wildman–Crippen MR) is 318 cm³/mol. The summed E-state index contributed by atoms with van der Waals surface area (Å²) < 4.78 is 17.3. The van der Waals surface area contributed by atoms with Crippen molar-refractivity contribution in [3.05, 3.63) is 231 Å². The van der Waals surface area contributed by atoms with E-state index in [1.54, 1.807) is 7.11 Å². The maximum absolute atomic E-state index is 5.62. The minimum absolute atomic E-state index is 0. The summed E-state index contributed by atoms with van der Waals surface area (Å²) in [6.45, 7) is 2.17. The first kappa shape index (κ1) is 47.3. The standard InChI is InChI=1S/C36H28N3OS.C31H18N3S.Ir/c1-3-26(40-2)20-23-12-15-25(16-13-23)39-31-11-7-6-8-27(31)30-21-24(14-17-32(30)39)34-22-33-35(41-34)28-9-4-5-10-29(28)36-37-18-19-38(33)36;1-2-8-21(9-3-1)34-26-13-7-6-10-22(26)25-18-20(14-15-27(25)34)29-19-28-30(35-29)23-11-4-5-12-24(23)31-32-16-17-33(28)31;/h4-9,11-19,21-22,26H,3,20H2,1-2H3;1-11,13-19H;/q2*-1;. The van der Waals surface area contributed by atoms with Gasteiger partial charge in [-0.25, -0.2) is 0 Å². The summed E-state index contributed by atoms with van der Waals surface area (Å²) in [7, 11) is 1.80. The van der Waals surface area contributed by atoms with Gasteiger partial charge in [0, 0.05) is 115 Å². The van der Waals surface area contributed by atoms with Crippen LogP contribution < -0.4 is 0 Å². The second-order valence-electron chi connectivity index (χ2n) is 19.5. The average molecular weight is 1210 g/mol. The molecule has 10 heteroatoms. The maximum Gasteiger partial charge on any atom is 0.0609 e. The molecule has 0 saturated carbocycles. The maximum atomic E-state index is 5.62. The second kappa shape index (κ2) is 19.1. The van der Waals surface area contributed by atoms with Gasteiger partial charge in [-0.2, -0.15) is 0 Å². The molecule has 16 aromatic rings. The molecular formula is C67H46IrN6OS2-2. The van der Waals surface area contributed by atoms with Crippen LogP contribution >= 0.6 is 22.7 Å². The third kappa shape index (κ3) is 7.65. The number of thiophene rings is 2. The van der Waals surface area contributed by atoms with E-state index in [0.717, 1.165) is 34.9 Å². The molecule has 1 unspecified atom stereocenters. The van der Waals surface area contributed by atoms with E-state index < -0.39 is 0 Å². The molecule has 0 aliphatic heterocycles. The van der Waals surface area contributed by atoms with Crippen LogP contribution in [0.1, 0.15) is 18.9 Å². The fraction of sp³-hybridized carbons (Fsp3) is 0.0746. The summed E-state index contributed by atoms with van der Waals surface area (Å²) in [4.78, 5) is 11.8. The third-order valence-electron chi connectivity index (χ3n) is 15.2. The Balaban J connectivity index is 0.000000140. The Morgan fingerprint density at radius 1 is 0.481 bits per heavy atom. The van der Waals surface area contributed by atoms with E-state index in [2.05, 4.69) is 223 Å². The number of ether oxygens (including phenoxy) is 1. The van der Waals surface area contributed by atoms with E-state index in [0.29, 0.717) is 0 Å². The molecule has 0 spiro atoms. The van der Waals surface area contributed by atoms with Gasteiger partial charge in [0.1, 0.15) is 0 Å². The van der Waals surface area contributed by atoms with Gasteiger partial charge in [0.05, 0.1) is 39.5 Å². The quantitative estimate of drug-likeness (QED) is 0.143. The number of pyridine rings is 2. The number of nitrogens with zero attached hydrogens (tertiary/aromatic N) is 6. The number of hydrogen-bond donors (Lipinski definition) is 0. The molecule has 0 fully saturated rings. The first-order valence-corrected chi connectivity index (χ1v) is 27.4. The zero-order chi connectivity index (χ0) is 50.4. The molecule has 0 amide bonds. The van der Waals surface area contributed by atoms with Crippen LogP contribution in [0.25, 0.3) is 129 Å². The molecule has 0 N–H and O–H groups in total. The van der Waals surface area contributed by atoms with Gasteiger partial charge in [0.15, 0.2) is 0 Å². The molecule has 16 rings (SSSR count). The third-order valence-corrected chi connectivity index (χ3v) is 17.7. The molecule has 1 atom stereocenters. The Morgan fingerprint density at radius 3 is 1.45 bits per heavy atom. The van der Waals surface area contributed by atoms with Crippen molar-refractivity contribution in [2.45, 2.75) is 25.9 Å². The smallest absolute Gasteiger partial charge is 0.0609 e. The summed E-state index contributed by atoms with van der Waals surface area (Å²) in [6.07, 6.45) is 10.0. The van der Waals surface area contributed by atoms with Crippen LogP contribution in [-0.4, -0.2) is 41.1 Å². The summed E-state index contributed by atoms with van der Waals surface area (Å²) in [5.74, 6) is 0. The molecular weight excluding hydrogens is 1160 g/mol. The van der Waals surface area contributed by atoms with Gasteiger partial charge in [-0.1, -0.05) is 107 Å². The average Bonchev–Trinajstić information content (AvgIpc) is 4.46. The zero-order valence-corrected chi connectivity index (χ0v) is 46.0. The Morgan fingerprint density at radius 2 is 0.948 bits per heavy atom. The van der Waals surface area contributed by atoms with Gasteiger partial charge in [0.25, 0.3) is 0 Å². The number of para-hydroxylation sites is 3. The predicted octanol–water partition coefficient (Wildman–Crippen LogP) is 17.5. The molecule has 0 bridgehead atoms. The molecule has 8 heterocycles. The number of fused-ring (bicyclic) bond motifs is 18. The Hall–Kier alpha value is -8.21. The SMILES string of the molecule is CCC(Cc1ccc(-n2c3ccccc3c3cc(-c4cc5c(s4)c4ccc[c-]c4c4nccn54)ccc32)cc1)OC.[Ir].[c-]1cccc2c1c1nccn1c1cc(-c3ccc4c(c3)c3ccccc3n4-c3ccccc3)sc21. The molecule has 0 aliphatic rings. The number of rotatable bonds is 8. The van der Waals surface area contributed by atoms with Crippen LogP contribution in [0.3, 0.4) is 0 Å². The van der Waals surface area contributed by atoms with E-state index in [-0.39, 0.29) is 26.2 Å². The largest absolute Gasteiger partial charge is 0.381 e. The van der Waals surface area contributed by atoms with E-state index >= 15 is 0 Å². The van der Waals surface area contributed by atoms with Crippen LogP contribution in [-0.2, 0) is 31.3 Å². The van der Waals surface area contributed by atoms with Crippen molar-refractivity contribution >= 4 is 120 Å². The fourth-order valence-corrected chi connectivity index (χ4v) is 14.0. The Labute approximate surface area is 464 Å². The number of aromatic nitrogens is 6. The number of imidazole rings is 2. The van der Waals surface area contributed by atoms with Gasteiger partial charge < -0.3 is 22.7 Å². The van der Waals surface area contributed by atoms with Gasteiger partial charge >= 0.3 is 0 Å². The monoisotopic (exact) mass is 1210 g/mol. The van der Waals surface area contributed by atoms with Crippen molar-refractivity contribution in [2.75, 3.05) is 7.11 Å².